The van der Waals surface area contributed by atoms with Gasteiger partial charge in [-0.05, 0) is 0 Å². The maximum absolute atomic E-state index is 10.5. The van der Waals surface area contributed by atoms with Gasteiger partial charge in [-0.25, -0.2) is 0 Å². The lowest BCUT2D eigenvalue weighted by atomic mass is 10.3. The summed E-state index contributed by atoms with van der Waals surface area (Å²) in [5.74, 6) is -0.109. The zero-order chi connectivity index (χ0) is 12.1. The van der Waals surface area contributed by atoms with Gasteiger partial charge in [0.25, 0.3) is 0 Å². The van der Waals surface area contributed by atoms with E-state index >= 15 is 0 Å². The molecule has 2 heterocycles. The predicted molar refractivity (Wildman–Crippen MR) is 58.3 cm³/mol. The summed E-state index contributed by atoms with van der Waals surface area (Å²) in [4.78, 5) is 18.8. The average molecular weight is 240 g/mol. The zero-order valence-electron chi connectivity index (χ0n) is 9.58. The molecule has 0 spiro atoms. The molecule has 0 aliphatic carbocycles. The first-order valence-electron chi connectivity index (χ1n) is 5.66. The summed E-state index contributed by atoms with van der Waals surface area (Å²) in [6.07, 6.45) is 1.61. The van der Waals surface area contributed by atoms with Crippen LogP contribution in [-0.4, -0.2) is 63.7 Å². The molecule has 0 saturated carbocycles. The van der Waals surface area contributed by atoms with Gasteiger partial charge in [0.15, 0.2) is 6.33 Å². The van der Waals surface area contributed by atoms with Gasteiger partial charge in [-0.3, -0.25) is 9.69 Å². The lowest BCUT2D eigenvalue weighted by Crippen LogP contribution is -2.46. The third kappa shape index (κ3) is 3.79. The van der Waals surface area contributed by atoms with E-state index in [-0.39, 0.29) is 6.42 Å². The number of aromatic nitrogens is 2. The van der Waals surface area contributed by atoms with Gasteiger partial charge < -0.3 is 14.5 Å². The van der Waals surface area contributed by atoms with E-state index in [2.05, 4.69) is 19.9 Å². The fraction of sp³-hybridized carbons (Fsp3) is 0.700. The standard InChI is InChI=1S/C10H16N4O3/c15-10(16)1-2-13-3-5-14(6-4-13)7-9-11-8-12-17-9/h8H,1-7H2,(H,15,16). The summed E-state index contributed by atoms with van der Waals surface area (Å²) in [7, 11) is 0. The Morgan fingerprint density at radius 2 is 2.06 bits per heavy atom. The van der Waals surface area contributed by atoms with Crippen LogP contribution in [-0.2, 0) is 11.3 Å². The molecule has 1 aromatic heterocycles. The summed E-state index contributed by atoms with van der Waals surface area (Å²) < 4.78 is 4.95. The molecule has 0 amide bonds. The average Bonchev–Trinajstić information content (AvgIpc) is 2.81. The molecule has 0 atom stereocenters. The molecule has 1 saturated heterocycles. The highest BCUT2D eigenvalue weighted by atomic mass is 16.5. The SMILES string of the molecule is O=C(O)CCN1CCN(Cc2ncno2)CC1. The molecule has 2 rings (SSSR count). The highest BCUT2D eigenvalue weighted by molar-refractivity contribution is 5.66. The van der Waals surface area contributed by atoms with Crippen LogP contribution in [0.4, 0.5) is 0 Å². The fourth-order valence-corrected chi connectivity index (χ4v) is 1.88. The van der Waals surface area contributed by atoms with Crippen LogP contribution >= 0.6 is 0 Å². The minimum Gasteiger partial charge on any atom is -0.481 e. The number of hydrogen-bond donors (Lipinski definition) is 1. The third-order valence-corrected chi connectivity index (χ3v) is 2.87. The first-order chi connectivity index (χ1) is 8.24. The lowest BCUT2D eigenvalue weighted by molar-refractivity contribution is -0.137. The molecule has 7 nitrogen and oxygen atoms in total. The van der Waals surface area contributed by atoms with E-state index < -0.39 is 5.97 Å². The van der Waals surface area contributed by atoms with E-state index in [1.54, 1.807) is 0 Å². The first kappa shape index (κ1) is 12.0. The number of rotatable bonds is 5. The van der Waals surface area contributed by atoms with E-state index in [0.29, 0.717) is 19.0 Å². The van der Waals surface area contributed by atoms with Crippen molar-refractivity contribution in [3.8, 4) is 0 Å². The van der Waals surface area contributed by atoms with Crippen LogP contribution in [0.25, 0.3) is 0 Å². The van der Waals surface area contributed by atoms with Crippen molar-refractivity contribution in [1.82, 2.24) is 19.9 Å². The second-order valence-corrected chi connectivity index (χ2v) is 4.10. The largest absolute Gasteiger partial charge is 0.481 e. The Labute approximate surface area is 99.0 Å². The van der Waals surface area contributed by atoms with Crippen molar-refractivity contribution in [2.45, 2.75) is 13.0 Å². The van der Waals surface area contributed by atoms with E-state index in [9.17, 15) is 4.79 Å². The van der Waals surface area contributed by atoms with Crippen molar-refractivity contribution in [2.75, 3.05) is 32.7 Å². The molecule has 1 N–H and O–H groups in total. The van der Waals surface area contributed by atoms with Gasteiger partial charge in [0.2, 0.25) is 5.89 Å². The summed E-state index contributed by atoms with van der Waals surface area (Å²) in [6.45, 7) is 4.89. The number of carboxylic acid groups (broad SMARTS) is 1. The molecule has 1 aliphatic rings. The molecule has 0 unspecified atom stereocenters. The Morgan fingerprint density at radius 3 is 2.65 bits per heavy atom. The fourth-order valence-electron chi connectivity index (χ4n) is 1.88. The van der Waals surface area contributed by atoms with Crippen molar-refractivity contribution < 1.29 is 14.4 Å². The molecule has 1 aliphatic heterocycles. The van der Waals surface area contributed by atoms with Crippen LogP contribution in [0.1, 0.15) is 12.3 Å². The topological polar surface area (TPSA) is 82.7 Å². The Morgan fingerprint density at radius 1 is 1.35 bits per heavy atom. The Hall–Kier alpha value is -1.47. The molecule has 0 aromatic carbocycles. The number of aliphatic carboxylic acids is 1. The molecule has 94 valence electrons. The van der Waals surface area contributed by atoms with Crippen LogP contribution in [0.3, 0.4) is 0 Å². The monoisotopic (exact) mass is 240 g/mol. The Kier molecular flexibility index (Phi) is 4.05. The smallest absolute Gasteiger partial charge is 0.304 e. The molecule has 17 heavy (non-hydrogen) atoms. The van der Waals surface area contributed by atoms with Gasteiger partial charge >= 0.3 is 5.97 Å². The summed E-state index contributed by atoms with van der Waals surface area (Å²) in [6, 6.07) is 0. The number of piperazine rings is 1. The normalized spacial score (nSPS) is 18.4. The van der Waals surface area contributed by atoms with E-state index in [0.717, 1.165) is 26.2 Å². The van der Waals surface area contributed by atoms with Crippen molar-refractivity contribution in [2.24, 2.45) is 0 Å². The Bertz CT molecular complexity index is 346. The molecule has 1 aromatic rings. The highest BCUT2D eigenvalue weighted by Crippen LogP contribution is 2.06. The predicted octanol–water partition coefficient (Wildman–Crippen LogP) is -0.338. The minimum atomic E-state index is -0.738. The van der Waals surface area contributed by atoms with Gasteiger partial charge in [0, 0.05) is 32.7 Å². The van der Waals surface area contributed by atoms with Crippen LogP contribution in [0, 0.1) is 0 Å². The van der Waals surface area contributed by atoms with Gasteiger partial charge in [-0.1, -0.05) is 5.16 Å². The molecule has 7 heteroatoms. The van der Waals surface area contributed by atoms with Crippen molar-refractivity contribution in [3.63, 3.8) is 0 Å². The molecule has 0 bridgehead atoms. The quantitative estimate of drug-likeness (QED) is 0.754. The van der Waals surface area contributed by atoms with Gasteiger partial charge in [0.1, 0.15) is 0 Å². The van der Waals surface area contributed by atoms with E-state index in [4.69, 9.17) is 9.63 Å². The van der Waals surface area contributed by atoms with E-state index in [1.165, 1.54) is 6.33 Å². The maximum atomic E-state index is 10.5. The van der Waals surface area contributed by atoms with E-state index in [1.807, 2.05) is 0 Å². The number of carboxylic acids is 1. The van der Waals surface area contributed by atoms with Gasteiger partial charge in [0.05, 0.1) is 13.0 Å². The van der Waals surface area contributed by atoms with Crippen molar-refractivity contribution in [3.05, 3.63) is 12.2 Å². The van der Waals surface area contributed by atoms with Crippen LogP contribution < -0.4 is 0 Å². The minimum absolute atomic E-state index is 0.212. The van der Waals surface area contributed by atoms with Crippen LogP contribution in [0.2, 0.25) is 0 Å². The first-order valence-corrected chi connectivity index (χ1v) is 5.66. The number of hydrogen-bond acceptors (Lipinski definition) is 6. The maximum Gasteiger partial charge on any atom is 0.304 e. The molecule has 1 fully saturated rings. The summed E-state index contributed by atoms with van der Waals surface area (Å²) in [5, 5.41) is 12.2. The Balaban J connectivity index is 1.69. The number of nitrogens with zero attached hydrogens (tertiary/aromatic N) is 4. The van der Waals surface area contributed by atoms with Gasteiger partial charge in [-0.2, -0.15) is 4.98 Å². The van der Waals surface area contributed by atoms with Crippen molar-refractivity contribution in [1.29, 1.82) is 0 Å². The van der Waals surface area contributed by atoms with Crippen molar-refractivity contribution >= 4 is 5.97 Å². The molecule has 0 radical (unpaired) electrons. The van der Waals surface area contributed by atoms with Crippen LogP contribution in [0.15, 0.2) is 10.9 Å². The number of carbonyl (C=O) groups is 1. The van der Waals surface area contributed by atoms with Gasteiger partial charge in [-0.15, -0.1) is 0 Å². The lowest BCUT2D eigenvalue weighted by Gasteiger charge is -2.33. The second-order valence-electron chi connectivity index (χ2n) is 4.10. The summed E-state index contributed by atoms with van der Waals surface area (Å²) in [5.41, 5.74) is 0. The molecular weight excluding hydrogens is 224 g/mol. The summed E-state index contributed by atoms with van der Waals surface area (Å²) >= 11 is 0. The highest BCUT2D eigenvalue weighted by Gasteiger charge is 2.18. The van der Waals surface area contributed by atoms with Crippen LogP contribution in [0.5, 0.6) is 0 Å². The second kappa shape index (κ2) is 5.74. The third-order valence-electron chi connectivity index (χ3n) is 2.87. The molecular formula is C10H16N4O3. The zero-order valence-corrected chi connectivity index (χ0v) is 9.58.